The van der Waals surface area contributed by atoms with Gasteiger partial charge in [0.25, 0.3) is 0 Å². The van der Waals surface area contributed by atoms with Gasteiger partial charge in [0.2, 0.25) is 0 Å². The lowest BCUT2D eigenvalue weighted by atomic mass is 10.0. The van der Waals surface area contributed by atoms with E-state index < -0.39 is 0 Å². The summed E-state index contributed by atoms with van der Waals surface area (Å²) in [6.45, 7) is 8.96. The van der Waals surface area contributed by atoms with E-state index in [0.29, 0.717) is 11.8 Å². The number of fused-ring (bicyclic) bond motifs is 1. The number of nitrogens with zero attached hydrogens (tertiary/aromatic N) is 2. The maximum Gasteiger partial charge on any atom is 0.120 e. The highest BCUT2D eigenvalue weighted by Gasteiger charge is 2.32. The zero-order valence-electron chi connectivity index (χ0n) is 12.0. The Morgan fingerprint density at radius 2 is 2.11 bits per heavy atom. The smallest absolute Gasteiger partial charge is 0.120 e. The molecule has 0 saturated carbocycles. The third kappa shape index (κ3) is 2.49. The number of aryl methyl sites for hydroxylation is 1. The minimum absolute atomic E-state index is 0.309. The predicted molar refractivity (Wildman–Crippen MR) is 77.4 cm³/mol. The number of phenolic OH excluding ortho intramolecular Hbond substituents is 1. The van der Waals surface area contributed by atoms with Gasteiger partial charge >= 0.3 is 0 Å². The van der Waals surface area contributed by atoms with Gasteiger partial charge < -0.3 is 5.11 Å². The first kappa shape index (κ1) is 12.9. The zero-order chi connectivity index (χ0) is 13.4. The molecule has 2 aliphatic rings. The van der Waals surface area contributed by atoms with E-state index in [9.17, 15) is 5.11 Å². The molecule has 3 heteroatoms. The first-order valence-electron chi connectivity index (χ1n) is 7.43. The van der Waals surface area contributed by atoms with Crippen molar-refractivity contribution in [2.75, 3.05) is 26.2 Å². The summed E-state index contributed by atoms with van der Waals surface area (Å²) in [5.41, 5.74) is 2.19. The van der Waals surface area contributed by atoms with Gasteiger partial charge in [-0.3, -0.25) is 9.80 Å². The Morgan fingerprint density at radius 3 is 2.89 bits per heavy atom. The molecule has 3 rings (SSSR count). The van der Waals surface area contributed by atoms with Gasteiger partial charge in [0, 0.05) is 37.3 Å². The molecule has 1 N–H and O–H groups in total. The molecule has 0 amide bonds. The number of phenols is 1. The summed E-state index contributed by atoms with van der Waals surface area (Å²) in [7, 11) is 0. The molecule has 0 aliphatic carbocycles. The van der Waals surface area contributed by atoms with Crippen LogP contribution in [0.25, 0.3) is 0 Å². The number of hydrogen-bond acceptors (Lipinski definition) is 3. The Labute approximate surface area is 115 Å². The average Bonchev–Trinajstić information content (AvgIpc) is 2.85. The zero-order valence-corrected chi connectivity index (χ0v) is 12.0. The fourth-order valence-corrected chi connectivity index (χ4v) is 3.57. The molecule has 2 unspecified atom stereocenters. The molecule has 19 heavy (non-hydrogen) atoms. The van der Waals surface area contributed by atoms with Gasteiger partial charge in [-0.05, 0) is 44.9 Å². The van der Waals surface area contributed by atoms with E-state index in [4.69, 9.17) is 0 Å². The number of rotatable bonds is 2. The van der Waals surface area contributed by atoms with E-state index >= 15 is 0 Å². The van der Waals surface area contributed by atoms with Crippen molar-refractivity contribution in [1.82, 2.24) is 9.80 Å². The van der Waals surface area contributed by atoms with Crippen LogP contribution in [0.3, 0.4) is 0 Å². The molecule has 2 fully saturated rings. The molecule has 0 radical (unpaired) electrons. The van der Waals surface area contributed by atoms with Crippen LogP contribution in [0.2, 0.25) is 0 Å². The van der Waals surface area contributed by atoms with E-state index in [1.54, 1.807) is 0 Å². The quantitative estimate of drug-likeness (QED) is 0.885. The fourth-order valence-electron chi connectivity index (χ4n) is 3.57. The Hall–Kier alpha value is -1.06. The molecule has 2 saturated heterocycles. The highest BCUT2D eigenvalue weighted by molar-refractivity contribution is 5.37. The van der Waals surface area contributed by atoms with Crippen molar-refractivity contribution in [1.29, 1.82) is 0 Å². The Kier molecular flexibility index (Phi) is 3.50. The lowest BCUT2D eigenvalue weighted by molar-refractivity contribution is 0.0762. The minimum Gasteiger partial charge on any atom is -0.508 e. The number of aromatic hydroxyl groups is 1. The first-order valence-corrected chi connectivity index (χ1v) is 7.43. The van der Waals surface area contributed by atoms with Gasteiger partial charge in [0.15, 0.2) is 0 Å². The van der Waals surface area contributed by atoms with Gasteiger partial charge in [-0.15, -0.1) is 0 Å². The van der Waals surface area contributed by atoms with Gasteiger partial charge in [-0.1, -0.05) is 12.1 Å². The van der Waals surface area contributed by atoms with Crippen LogP contribution in [0, 0.1) is 6.92 Å². The van der Waals surface area contributed by atoms with Crippen molar-refractivity contribution in [2.24, 2.45) is 0 Å². The number of piperazine rings is 1. The van der Waals surface area contributed by atoms with Crippen molar-refractivity contribution in [3.05, 3.63) is 29.3 Å². The lowest BCUT2D eigenvalue weighted by Gasteiger charge is -2.40. The summed E-state index contributed by atoms with van der Waals surface area (Å²) in [6, 6.07) is 7.10. The van der Waals surface area contributed by atoms with Gasteiger partial charge in [0.05, 0.1) is 0 Å². The monoisotopic (exact) mass is 260 g/mol. The number of benzene rings is 1. The maximum absolute atomic E-state index is 10.1. The van der Waals surface area contributed by atoms with Crippen molar-refractivity contribution < 1.29 is 5.11 Å². The second kappa shape index (κ2) is 5.14. The molecule has 0 aromatic heterocycles. The van der Waals surface area contributed by atoms with Crippen LogP contribution in [0.15, 0.2) is 18.2 Å². The summed E-state index contributed by atoms with van der Waals surface area (Å²) < 4.78 is 0. The van der Waals surface area contributed by atoms with Crippen molar-refractivity contribution in [3.8, 4) is 5.75 Å². The Morgan fingerprint density at radius 1 is 1.26 bits per heavy atom. The molecule has 2 atom stereocenters. The molecule has 2 heterocycles. The molecule has 3 nitrogen and oxygen atoms in total. The molecule has 1 aromatic carbocycles. The summed E-state index contributed by atoms with van der Waals surface area (Å²) in [5, 5.41) is 10.1. The summed E-state index contributed by atoms with van der Waals surface area (Å²) in [4.78, 5) is 5.15. The van der Waals surface area contributed by atoms with E-state index in [-0.39, 0.29) is 0 Å². The second-order valence-electron chi connectivity index (χ2n) is 6.07. The van der Waals surface area contributed by atoms with Crippen molar-refractivity contribution in [2.45, 2.75) is 38.8 Å². The van der Waals surface area contributed by atoms with Gasteiger partial charge in [0.1, 0.15) is 5.75 Å². The van der Waals surface area contributed by atoms with Crippen LogP contribution in [0.5, 0.6) is 5.75 Å². The molecule has 1 aromatic rings. The predicted octanol–water partition coefficient (Wildman–Crippen LogP) is 2.54. The topological polar surface area (TPSA) is 26.7 Å². The molecule has 104 valence electrons. The minimum atomic E-state index is 0.309. The van der Waals surface area contributed by atoms with Gasteiger partial charge in [-0.2, -0.15) is 0 Å². The third-order valence-corrected chi connectivity index (χ3v) is 4.80. The van der Waals surface area contributed by atoms with Crippen molar-refractivity contribution in [3.63, 3.8) is 0 Å². The van der Waals surface area contributed by atoms with E-state index in [1.165, 1.54) is 25.9 Å². The van der Waals surface area contributed by atoms with E-state index in [1.807, 2.05) is 13.0 Å². The van der Waals surface area contributed by atoms with Crippen LogP contribution >= 0.6 is 0 Å². The molecule has 0 spiro atoms. The van der Waals surface area contributed by atoms with Crippen LogP contribution in [-0.2, 0) is 0 Å². The van der Waals surface area contributed by atoms with Crippen LogP contribution in [0.1, 0.15) is 36.9 Å². The van der Waals surface area contributed by atoms with Crippen LogP contribution in [0.4, 0.5) is 0 Å². The van der Waals surface area contributed by atoms with Crippen molar-refractivity contribution >= 4 is 0 Å². The standard InChI is InChI=1S/C16H24N2O/c1-12-5-6-15(16(19)10-12)13(2)18-9-8-17-7-3-4-14(17)11-18/h5-6,10,13-14,19H,3-4,7-9,11H2,1-2H3. The number of hydrogen-bond donors (Lipinski definition) is 1. The van der Waals surface area contributed by atoms with E-state index in [2.05, 4.69) is 28.9 Å². The average molecular weight is 260 g/mol. The molecular weight excluding hydrogens is 236 g/mol. The Balaban J connectivity index is 1.74. The largest absolute Gasteiger partial charge is 0.508 e. The van der Waals surface area contributed by atoms with Crippen LogP contribution in [-0.4, -0.2) is 47.1 Å². The summed E-state index contributed by atoms with van der Waals surface area (Å²) in [5.74, 6) is 0.446. The lowest BCUT2D eigenvalue weighted by Crippen LogP contribution is -2.50. The van der Waals surface area contributed by atoms with Crippen LogP contribution < -0.4 is 0 Å². The second-order valence-corrected chi connectivity index (χ2v) is 6.07. The maximum atomic E-state index is 10.1. The molecule has 0 bridgehead atoms. The molecule has 2 aliphatic heterocycles. The summed E-state index contributed by atoms with van der Waals surface area (Å²) >= 11 is 0. The SMILES string of the molecule is Cc1ccc(C(C)N2CCN3CCCC3C2)c(O)c1. The van der Waals surface area contributed by atoms with E-state index in [0.717, 1.165) is 30.3 Å². The highest BCUT2D eigenvalue weighted by atomic mass is 16.3. The fraction of sp³-hybridized carbons (Fsp3) is 0.625. The normalized spacial score (nSPS) is 26.3. The Bertz CT molecular complexity index is 460. The first-order chi connectivity index (χ1) is 9.15. The molecular formula is C16H24N2O. The summed E-state index contributed by atoms with van der Waals surface area (Å²) in [6.07, 6.45) is 2.69. The third-order valence-electron chi connectivity index (χ3n) is 4.80. The van der Waals surface area contributed by atoms with Gasteiger partial charge in [-0.25, -0.2) is 0 Å². The highest BCUT2D eigenvalue weighted by Crippen LogP contribution is 2.32.